The fourth-order valence-electron chi connectivity index (χ4n) is 3.92. The standard InChI is InChI=1S/C22H24N8OS/c1-13-11-18(29-28-13)26-22-27-20(12-19-24-9-10-30(19)22)32-15-7-5-14(6-8-15)25-21(31)16-3-2-4-17(16)23/h5-12,16-17H,2-4,23H2,1H3,(H,25,31)(H2,26,27,28,29). The number of aryl methyl sites for hydroxylation is 1. The number of carbonyl (C=O) groups is 1. The number of imidazole rings is 1. The van der Waals surface area contributed by atoms with Gasteiger partial charge in [-0.2, -0.15) is 5.10 Å². The number of rotatable bonds is 6. The second-order valence-corrected chi connectivity index (χ2v) is 9.05. The zero-order valence-corrected chi connectivity index (χ0v) is 18.4. The first-order valence-electron chi connectivity index (χ1n) is 10.5. The molecule has 1 fully saturated rings. The molecule has 5 rings (SSSR count). The minimum absolute atomic E-state index is 0.00569. The zero-order valence-electron chi connectivity index (χ0n) is 17.6. The van der Waals surface area contributed by atoms with E-state index >= 15 is 0 Å². The number of aromatic amines is 1. The van der Waals surface area contributed by atoms with Crippen LogP contribution >= 0.6 is 11.8 Å². The van der Waals surface area contributed by atoms with Crippen molar-refractivity contribution < 1.29 is 4.79 Å². The van der Waals surface area contributed by atoms with Crippen LogP contribution in [0.5, 0.6) is 0 Å². The molecule has 3 aromatic heterocycles. The van der Waals surface area contributed by atoms with E-state index in [0.29, 0.717) is 11.8 Å². The fraction of sp³-hybridized carbons (Fsp3) is 0.273. The number of anilines is 3. The van der Waals surface area contributed by atoms with Gasteiger partial charge in [-0.1, -0.05) is 18.2 Å². The lowest BCUT2D eigenvalue weighted by molar-refractivity contribution is -0.120. The minimum atomic E-state index is -0.0984. The predicted octanol–water partition coefficient (Wildman–Crippen LogP) is 3.72. The molecule has 164 valence electrons. The Kier molecular flexibility index (Phi) is 5.54. The van der Waals surface area contributed by atoms with Crippen LogP contribution in [0.3, 0.4) is 0 Å². The Bertz CT molecular complexity index is 1250. The maximum Gasteiger partial charge on any atom is 0.229 e. The number of nitrogens with zero attached hydrogens (tertiary/aromatic N) is 4. The molecule has 1 amide bonds. The van der Waals surface area contributed by atoms with Gasteiger partial charge in [-0.25, -0.2) is 9.97 Å². The number of amides is 1. The van der Waals surface area contributed by atoms with Crippen LogP contribution in [-0.2, 0) is 4.79 Å². The summed E-state index contributed by atoms with van der Waals surface area (Å²) in [7, 11) is 0. The summed E-state index contributed by atoms with van der Waals surface area (Å²) < 4.78 is 1.88. The Labute approximate surface area is 189 Å². The summed E-state index contributed by atoms with van der Waals surface area (Å²) >= 11 is 1.52. The molecule has 3 heterocycles. The zero-order chi connectivity index (χ0) is 22.1. The van der Waals surface area contributed by atoms with Gasteiger partial charge in [0.05, 0.1) is 5.92 Å². The molecule has 0 aliphatic heterocycles. The number of nitrogens with one attached hydrogen (secondary N) is 3. The van der Waals surface area contributed by atoms with Gasteiger partial charge in [0.15, 0.2) is 5.82 Å². The molecular weight excluding hydrogens is 424 g/mol. The second-order valence-electron chi connectivity index (χ2n) is 7.95. The summed E-state index contributed by atoms with van der Waals surface area (Å²) in [6.45, 7) is 1.94. The van der Waals surface area contributed by atoms with Crippen LogP contribution in [0.1, 0.15) is 25.0 Å². The van der Waals surface area contributed by atoms with Crippen molar-refractivity contribution in [3.8, 4) is 0 Å². The number of hydrogen-bond donors (Lipinski definition) is 4. The van der Waals surface area contributed by atoms with Gasteiger partial charge in [0.1, 0.15) is 10.7 Å². The first-order chi connectivity index (χ1) is 15.5. The van der Waals surface area contributed by atoms with Gasteiger partial charge in [0, 0.05) is 46.8 Å². The van der Waals surface area contributed by atoms with Crippen LogP contribution in [0.25, 0.3) is 5.65 Å². The fourth-order valence-corrected chi connectivity index (χ4v) is 4.73. The molecule has 1 saturated carbocycles. The van der Waals surface area contributed by atoms with E-state index in [4.69, 9.17) is 10.7 Å². The minimum Gasteiger partial charge on any atom is -0.327 e. The van der Waals surface area contributed by atoms with Gasteiger partial charge >= 0.3 is 0 Å². The molecule has 10 heteroatoms. The van der Waals surface area contributed by atoms with Crippen LogP contribution in [0.2, 0.25) is 0 Å². The Morgan fingerprint density at radius 1 is 1.25 bits per heavy atom. The van der Waals surface area contributed by atoms with E-state index in [9.17, 15) is 4.79 Å². The number of carbonyl (C=O) groups excluding carboxylic acids is 1. The van der Waals surface area contributed by atoms with E-state index < -0.39 is 0 Å². The van der Waals surface area contributed by atoms with Crippen LogP contribution in [0, 0.1) is 12.8 Å². The van der Waals surface area contributed by atoms with Crippen molar-refractivity contribution in [3.63, 3.8) is 0 Å². The first kappa shape index (κ1) is 20.5. The molecule has 0 bridgehead atoms. The average molecular weight is 449 g/mol. The van der Waals surface area contributed by atoms with Gasteiger partial charge in [-0.3, -0.25) is 14.3 Å². The molecular formula is C22H24N8OS. The maximum absolute atomic E-state index is 12.5. The van der Waals surface area contributed by atoms with Gasteiger partial charge < -0.3 is 16.4 Å². The SMILES string of the molecule is Cc1cc(Nc2nc(Sc3ccc(NC(=O)C4CCCC4N)cc3)cc3nccn23)n[nH]1. The number of hydrogen-bond acceptors (Lipinski definition) is 7. The average Bonchev–Trinajstić information content (AvgIpc) is 3.51. The number of H-pyrrole nitrogens is 1. The maximum atomic E-state index is 12.5. The topological polar surface area (TPSA) is 126 Å². The Hall–Kier alpha value is -3.37. The molecule has 5 N–H and O–H groups in total. The van der Waals surface area contributed by atoms with Gasteiger partial charge in [0.2, 0.25) is 11.9 Å². The summed E-state index contributed by atoms with van der Waals surface area (Å²) in [6, 6.07) is 11.5. The molecule has 4 aromatic rings. The van der Waals surface area contributed by atoms with Crippen molar-refractivity contribution >= 4 is 40.8 Å². The van der Waals surface area contributed by atoms with E-state index in [2.05, 4.69) is 25.8 Å². The van der Waals surface area contributed by atoms with Gasteiger partial charge in [-0.15, -0.1) is 0 Å². The molecule has 1 aliphatic rings. The summed E-state index contributed by atoms with van der Waals surface area (Å²) in [5.74, 6) is 1.23. The van der Waals surface area contributed by atoms with Crippen molar-refractivity contribution in [2.45, 2.75) is 42.1 Å². The highest BCUT2D eigenvalue weighted by Gasteiger charge is 2.30. The third-order valence-corrected chi connectivity index (χ3v) is 6.49. The van der Waals surface area contributed by atoms with E-state index in [-0.39, 0.29) is 17.9 Å². The summed E-state index contributed by atoms with van der Waals surface area (Å²) in [5, 5.41) is 14.2. The molecule has 0 saturated heterocycles. The summed E-state index contributed by atoms with van der Waals surface area (Å²) in [5.41, 5.74) is 8.56. The quantitative estimate of drug-likeness (QED) is 0.331. The number of benzene rings is 1. The van der Waals surface area contributed by atoms with Gasteiger partial charge in [0.25, 0.3) is 0 Å². The van der Waals surface area contributed by atoms with Crippen molar-refractivity contribution in [2.24, 2.45) is 11.7 Å². The largest absolute Gasteiger partial charge is 0.327 e. The normalized spacial score (nSPS) is 18.2. The van der Waals surface area contributed by atoms with Gasteiger partial charge in [-0.05, 0) is 44.0 Å². The molecule has 9 nitrogen and oxygen atoms in total. The number of aromatic nitrogens is 5. The Morgan fingerprint density at radius 3 is 2.81 bits per heavy atom. The number of fused-ring (bicyclic) bond motifs is 1. The van der Waals surface area contributed by atoms with E-state index in [1.165, 1.54) is 11.8 Å². The van der Waals surface area contributed by atoms with E-state index in [0.717, 1.165) is 46.2 Å². The van der Waals surface area contributed by atoms with Crippen molar-refractivity contribution in [1.29, 1.82) is 0 Å². The van der Waals surface area contributed by atoms with Crippen molar-refractivity contribution in [1.82, 2.24) is 24.6 Å². The lowest BCUT2D eigenvalue weighted by atomic mass is 10.0. The summed E-state index contributed by atoms with van der Waals surface area (Å²) in [4.78, 5) is 22.6. The Balaban J connectivity index is 1.31. The number of nitrogens with two attached hydrogens (primary N) is 1. The highest BCUT2D eigenvalue weighted by Crippen LogP contribution is 2.30. The third kappa shape index (κ3) is 4.32. The van der Waals surface area contributed by atoms with Crippen molar-refractivity contribution in [2.75, 3.05) is 10.6 Å². The third-order valence-electron chi connectivity index (χ3n) is 5.56. The smallest absolute Gasteiger partial charge is 0.229 e. The van der Waals surface area contributed by atoms with Crippen LogP contribution in [0.4, 0.5) is 17.5 Å². The van der Waals surface area contributed by atoms with Crippen LogP contribution < -0.4 is 16.4 Å². The molecule has 0 spiro atoms. The summed E-state index contributed by atoms with van der Waals surface area (Å²) in [6.07, 6.45) is 6.38. The first-order valence-corrected chi connectivity index (χ1v) is 11.3. The molecule has 32 heavy (non-hydrogen) atoms. The van der Waals surface area contributed by atoms with Crippen LogP contribution in [-0.4, -0.2) is 36.5 Å². The predicted molar refractivity (Wildman–Crippen MR) is 124 cm³/mol. The Morgan fingerprint density at radius 2 is 2.09 bits per heavy atom. The van der Waals surface area contributed by atoms with E-state index in [1.807, 2.05) is 53.9 Å². The second kappa shape index (κ2) is 8.64. The molecule has 2 atom stereocenters. The van der Waals surface area contributed by atoms with Crippen molar-refractivity contribution in [3.05, 3.63) is 54.5 Å². The van der Waals surface area contributed by atoms with Crippen LogP contribution in [0.15, 0.2) is 58.7 Å². The molecule has 2 unspecified atom stereocenters. The van der Waals surface area contributed by atoms with E-state index in [1.54, 1.807) is 6.20 Å². The molecule has 0 radical (unpaired) electrons. The highest BCUT2D eigenvalue weighted by molar-refractivity contribution is 7.99. The molecule has 1 aromatic carbocycles. The lowest BCUT2D eigenvalue weighted by Crippen LogP contribution is -2.34. The monoisotopic (exact) mass is 448 g/mol. The highest BCUT2D eigenvalue weighted by atomic mass is 32.2. The lowest BCUT2D eigenvalue weighted by Gasteiger charge is -2.15. The molecule has 1 aliphatic carbocycles.